The maximum atomic E-state index is 5.71. The highest BCUT2D eigenvalue weighted by Crippen LogP contribution is 2.16. The van der Waals surface area contributed by atoms with Crippen molar-refractivity contribution in [3.63, 3.8) is 0 Å². The van der Waals surface area contributed by atoms with Crippen LogP contribution in [0.25, 0.3) is 0 Å². The minimum Gasteiger partial charge on any atom is -0.493 e. The summed E-state index contributed by atoms with van der Waals surface area (Å²) in [4.78, 5) is 0. The second-order valence-electron chi connectivity index (χ2n) is 4.91. The van der Waals surface area contributed by atoms with E-state index < -0.39 is 0 Å². The van der Waals surface area contributed by atoms with Gasteiger partial charge in [-0.1, -0.05) is 49.4 Å². The van der Waals surface area contributed by atoms with Crippen LogP contribution in [0.5, 0.6) is 5.75 Å². The Balaban J connectivity index is 1.91. The van der Waals surface area contributed by atoms with E-state index >= 15 is 0 Å². The minimum absolute atomic E-state index is 0.479. The third-order valence-corrected chi connectivity index (χ3v) is 3.64. The molecule has 2 aromatic carbocycles. The third kappa shape index (κ3) is 4.64. The van der Waals surface area contributed by atoms with Gasteiger partial charge in [0, 0.05) is 0 Å². The molecule has 2 rings (SSSR count). The lowest BCUT2D eigenvalue weighted by Gasteiger charge is -2.11. The van der Waals surface area contributed by atoms with Gasteiger partial charge in [-0.15, -0.1) is 0 Å². The first-order valence-corrected chi connectivity index (χ1v) is 7.27. The maximum Gasteiger partial charge on any atom is 0.119 e. The lowest BCUT2D eigenvalue weighted by atomic mass is 10.1. The van der Waals surface area contributed by atoms with Crippen molar-refractivity contribution >= 4 is 12.6 Å². The molecular weight excluding hydrogens is 252 g/mol. The van der Waals surface area contributed by atoms with Crippen molar-refractivity contribution in [2.24, 2.45) is 5.92 Å². The molecule has 1 atom stereocenters. The first kappa shape index (κ1) is 14.0. The van der Waals surface area contributed by atoms with Gasteiger partial charge in [-0.25, -0.2) is 0 Å². The van der Waals surface area contributed by atoms with E-state index in [2.05, 4.69) is 56.0 Å². The molecule has 19 heavy (non-hydrogen) atoms. The van der Waals surface area contributed by atoms with Crippen LogP contribution in [0.15, 0.2) is 54.6 Å². The normalized spacial score (nSPS) is 12.1. The lowest BCUT2D eigenvalue weighted by Crippen LogP contribution is -2.09. The van der Waals surface area contributed by atoms with Crippen LogP contribution in [0.2, 0.25) is 0 Å². The molecule has 1 nitrogen and oxygen atoms in total. The number of thiol groups is 1. The predicted octanol–water partition coefficient (Wildman–Crippen LogP) is 4.22. The molecule has 100 valence electrons. The largest absolute Gasteiger partial charge is 0.493 e. The molecule has 2 heteroatoms. The first-order chi connectivity index (χ1) is 9.28. The zero-order chi connectivity index (χ0) is 13.5. The van der Waals surface area contributed by atoms with Crippen LogP contribution in [-0.4, -0.2) is 12.4 Å². The van der Waals surface area contributed by atoms with Crippen LogP contribution in [0.3, 0.4) is 0 Å². The van der Waals surface area contributed by atoms with Gasteiger partial charge in [-0.3, -0.25) is 0 Å². The van der Waals surface area contributed by atoms with Gasteiger partial charge in [0.05, 0.1) is 6.61 Å². The van der Waals surface area contributed by atoms with E-state index in [0.717, 1.165) is 24.5 Å². The van der Waals surface area contributed by atoms with Crippen LogP contribution in [0.1, 0.15) is 18.1 Å². The van der Waals surface area contributed by atoms with E-state index in [4.69, 9.17) is 4.74 Å². The summed E-state index contributed by atoms with van der Waals surface area (Å²) in [5, 5.41) is 0. The molecule has 0 heterocycles. The van der Waals surface area contributed by atoms with Crippen LogP contribution in [0.4, 0.5) is 0 Å². The van der Waals surface area contributed by atoms with Crippen molar-refractivity contribution < 1.29 is 4.74 Å². The van der Waals surface area contributed by atoms with E-state index in [9.17, 15) is 0 Å². The molecule has 0 aliphatic carbocycles. The fraction of sp³-hybridized carbons (Fsp3) is 0.294. The van der Waals surface area contributed by atoms with Crippen molar-refractivity contribution in [2.75, 3.05) is 12.4 Å². The summed E-state index contributed by atoms with van der Waals surface area (Å²) in [6, 6.07) is 18.9. The van der Waals surface area contributed by atoms with Gasteiger partial charge in [0.15, 0.2) is 0 Å². The molecule has 0 aliphatic heterocycles. The average molecular weight is 272 g/mol. The Kier molecular flexibility index (Phi) is 5.34. The monoisotopic (exact) mass is 272 g/mol. The van der Waals surface area contributed by atoms with Crippen molar-refractivity contribution in [1.82, 2.24) is 0 Å². The molecular formula is C17H20OS. The van der Waals surface area contributed by atoms with Crippen molar-refractivity contribution in [2.45, 2.75) is 13.3 Å². The second-order valence-corrected chi connectivity index (χ2v) is 5.27. The maximum absolute atomic E-state index is 5.71. The summed E-state index contributed by atoms with van der Waals surface area (Å²) < 4.78 is 5.71. The standard InChI is InChI=1S/C17H20OS/c1-14(13-19)12-18-17-9-7-16(8-10-17)11-15-5-3-2-4-6-15/h2-10,14,19H,11-13H2,1H3. The quantitative estimate of drug-likeness (QED) is 0.775. The van der Waals surface area contributed by atoms with Gasteiger partial charge in [-0.05, 0) is 41.4 Å². The van der Waals surface area contributed by atoms with Gasteiger partial charge in [0.2, 0.25) is 0 Å². The summed E-state index contributed by atoms with van der Waals surface area (Å²) in [7, 11) is 0. The smallest absolute Gasteiger partial charge is 0.119 e. The van der Waals surface area contributed by atoms with E-state index in [1.54, 1.807) is 0 Å². The molecule has 0 fully saturated rings. The molecule has 0 spiro atoms. The highest BCUT2D eigenvalue weighted by Gasteiger charge is 2.01. The summed E-state index contributed by atoms with van der Waals surface area (Å²) in [6.07, 6.45) is 0.966. The highest BCUT2D eigenvalue weighted by molar-refractivity contribution is 7.80. The molecule has 0 saturated heterocycles. The predicted molar refractivity (Wildman–Crippen MR) is 84.2 cm³/mol. The molecule has 1 unspecified atom stereocenters. The van der Waals surface area contributed by atoms with E-state index in [1.165, 1.54) is 11.1 Å². The van der Waals surface area contributed by atoms with E-state index in [0.29, 0.717) is 5.92 Å². The molecule has 0 radical (unpaired) electrons. The van der Waals surface area contributed by atoms with E-state index in [-0.39, 0.29) is 0 Å². The number of hydrogen-bond acceptors (Lipinski definition) is 2. The zero-order valence-corrected chi connectivity index (χ0v) is 12.1. The Morgan fingerprint density at radius 1 is 0.947 bits per heavy atom. The van der Waals surface area contributed by atoms with Gasteiger partial charge in [-0.2, -0.15) is 12.6 Å². The average Bonchev–Trinajstić information content (AvgIpc) is 2.47. The number of benzene rings is 2. The fourth-order valence-corrected chi connectivity index (χ4v) is 1.93. The summed E-state index contributed by atoms with van der Waals surface area (Å²) in [5.74, 6) is 2.27. The van der Waals surface area contributed by atoms with Crippen LogP contribution >= 0.6 is 12.6 Å². The third-order valence-electron chi connectivity index (χ3n) is 3.02. The molecule has 0 bridgehead atoms. The van der Waals surface area contributed by atoms with Crippen molar-refractivity contribution in [1.29, 1.82) is 0 Å². The molecule has 0 N–H and O–H groups in total. The Labute approximate surface area is 121 Å². The Hall–Kier alpha value is -1.41. The Bertz CT molecular complexity index is 478. The number of hydrogen-bond donors (Lipinski definition) is 1. The van der Waals surface area contributed by atoms with Crippen molar-refractivity contribution in [3.8, 4) is 5.75 Å². The van der Waals surface area contributed by atoms with Crippen molar-refractivity contribution in [3.05, 3.63) is 65.7 Å². The summed E-state index contributed by atoms with van der Waals surface area (Å²) in [5.41, 5.74) is 2.64. The second kappa shape index (κ2) is 7.25. The van der Waals surface area contributed by atoms with Gasteiger partial charge >= 0.3 is 0 Å². The van der Waals surface area contributed by atoms with Crippen LogP contribution in [0, 0.1) is 5.92 Å². The Morgan fingerprint density at radius 3 is 2.21 bits per heavy atom. The topological polar surface area (TPSA) is 9.23 Å². The highest BCUT2D eigenvalue weighted by atomic mass is 32.1. The van der Waals surface area contributed by atoms with Gasteiger partial charge in [0.25, 0.3) is 0 Å². The molecule has 0 aliphatic rings. The van der Waals surface area contributed by atoms with Crippen LogP contribution < -0.4 is 4.74 Å². The fourth-order valence-electron chi connectivity index (χ4n) is 1.83. The Morgan fingerprint density at radius 2 is 1.58 bits per heavy atom. The molecule has 0 amide bonds. The first-order valence-electron chi connectivity index (χ1n) is 6.64. The molecule has 0 aromatic heterocycles. The lowest BCUT2D eigenvalue weighted by molar-refractivity contribution is 0.273. The number of ether oxygens (including phenoxy) is 1. The van der Waals surface area contributed by atoms with Gasteiger partial charge in [0.1, 0.15) is 5.75 Å². The van der Waals surface area contributed by atoms with Gasteiger partial charge < -0.3 is 4.74 Å². The molecule has 0 saturated carbocycles. The SMILES string of the molecule is CC(CS)COc1ccc(Cc2ccccc2)cc1. The zero-order valence-electron chi connectivity index (χ0n) is 11.3. The number of rotatable bonds is 6. The molecule has 2 aromatic rings. The summed E-state index contributed by atoms with van der Waals surface area (Å²) >= 11 is 4.25. The van der Waals surface area contributed by atoms with E-state index in [1.807, 2.05) is 18.2 Å². The minimum atomic E-state index is 0.479. The summed E-state index contributed by atoms with van der Waals surface area (Å²) in [6.45, 7) is 2.86. The van der Waals surface area contributed by atoms with Crippen LogP contribution in [-0.2, 0) is 6.42 Å².